The van der Waals surface area contributed by atoms with E-state index in [1.165, 1.54) is 15.7 Å². The maximum Gasteiger partial charge on any atom is 0.381 e. The average molecular weight is 196 g/mol. The van der Waals surface area contributed by atoms with Gasteiger partial charge in [0.1, 0.15) is 0 Å². The molecule has 0 spiro atoms. The van der Waals surface area contributed by atoms with Crippen molar-refractivity contribution in [2.75, 3.05) is 0 Å². The number of rotatable bonds is 3. The fourth-order valence-electron chi connectivity index (χ4n) is 2.26. The maximum atomic E-state index is 3.94. The molecule has 1 unspecified atom stereocenters. The van der Waals surface area contributed by atoms with Crippen LogP contribution in [0.1, 0.15) is 28.5 Å². The van der Waals surface area contributed by atoms with Crippen molar-refractivity contribution in [3.63, 3.8) is 0 Å². The van der Waals surface area contributed by atoms with Gasteiger partial charge in [0, 0.05) is 0 Å². The second-order valence-corrected chi connectivity index (χ2v) is 6.20. The summed E-state index contributed by atoms with van der Waals surface area (Å²) in [5.41, 5.74) is 4.53. The summed E-state index contributed by atoms with van der Waals surface area (Å²) in [5, 5.41) is 0. The first-order valence-electron chi connectivity index (χ1n) is 5.40. The number of benzene rings is 1. The van der Waals surface area contributed by atoms with Crippen molar-refractivity contribution in [1.82, 2.24) is 0 Å². The number of allylic oxidation sites excluding steroid dienone is 2. The van der Waals surface area contributed by atoms with Crippen molar-refractivity contribution in [2.45, 2.75) is 21.9 Å². The third kappa shape index (κ3) is 1.89. The molecule has 0 saturated heterocycles. The topological polar surface area (TPSA) is 0 Å². The summed E-state index contributed by atoms with van der Waals surface area (Å²) in [6, 6.07) is 8.85. The summed E-state index contributed by atoms with van der Waals surface area (Å²) in [7, 11) is 0. The standard InChI is InChI=1S/C10H9.C3H6.Mg/c1-8-6-7-9-4-2-3-5-10(8)9;1-3-2;/h2-7H,1H3;1-3H2;. The van der Waals surface area contributed by atoms with E-state index >= 15 is 0 Å². The normalized spacial score (nSPS) is 18.7. The smallest absolute Gasteiger partial charge is 0.144 e. The van der Waals surface area contributed by atoms with Gasteiger partial charge in [-0.1, -0.05) is 53.3 Å². The fraction of sp³-hybridized carbons (Fsp3) is 0.308. The van der Waals surface area contributed by atoms with E-state index in [1.807, 2.05) is 0 Å². The third-order valence-electron chi connectivity index (χ3n) is 3.00. The van der Waals surface area contributed by atoms with Crippen molar-refractivity contribution in [2.24, 2.45) is 0 Å². The molecule has 0 bridgehead atoms. The summed E-state index contributed by atoms with van der Waals surface area (Å²) < 4.78 is 2.15. The Morgan fingerprint density at radius 3 is 2.93 bits per heavy atom. The zero-order chi connectivity index (χ0) is 9.97. The van der Waals surface area contributed by atoms with Gasteiger partial charge in [0.2, 0.25) is 0 Å². The van der Waals surface area contributed by atoms with Crippen molar-refractivity contribution >= 4 is 25.9 Å². The van der Waals surface area contributed by atoms with Gasteiger partial charge in [-0.25, -0.2) is 0 Å². The molecule has 0 saturated carbocycles. The predicted octanol–water partition coefficient (Wildman–Crippen LogP) is 3.49. The molecule has 0 aromatic heterocycles. The molecular formula is C13H15Mg. The minimum atomic E-state index is 0.00836. The number of hydrogen-bond acceptors (Lipinski definition) is 0. The highest BCUT2D eigenvalue weighted by Crippen LogP contribution is 2.35. The molecule has 14 heavy (non-hydrogen) atoms. The Morgan fingerprint density at radius 2 is 2.14 bits per heavy atom. The minimum Gasteiger partial charge on any atom is -0.144 e. The Morgan fingerprint density at radius 1 is 1.36 bits per heavy atom. The van der Waals surface area contributed by atoms with Crippen molar-refractivity contribution < 1.29 is 0 Å². The van der Waals surface area contributed by atoms with Crippen LogP contribution in [0.3, 0.4) is 0 Å². The summed E-state index contributed by atoms with van der Waals surface area (Å²) in [6.07, 6.45) is 3.57. The van der Waals surface area contributed by atoms with E-state index in [4.69, 9.17) is 0 Å². The minimum absolute atomic E-state index is 0.00836. The molecule has 1 radical (unpaired) electrons. The second kappa shape index (κ2) is 4.50. The van der Waals surface area contributed by atoms with E-state index in [9.17, 15) is 0 Å². The van der Waals surface area contributed by atoms with Crippen LogP contribution in [-0.2, 0) is 0 Å². The quantitative estimate of drug-likeness (QED) is 0.648. The molecule has 0 N–H and O–H groups in total. The lowest BCUT2D eigenvalue weighted by Crippen LogP contribution is -2.02. The van der Waals surface area contributed by atoms with Crippen LogP contribution in [0.15, 0.2) is 30.3 Å². The molecule has 0 nitrogen and oxygen atoms in total. The molecule has 0 aliphatic heterocycles. The summed E-state index contributed by atoms with van der Waals surface area (Å²) >= 11 is 0.00836. The van der Waals surface area contributed by atoms with Gasteiger partial charge in [-0.3, -0.25) is 0 Å². The lowest BCUT2D eigenvalue weighted by molar-refractivity contribution is 1.14. The highest BCUT2D eigenvalue weighted by atomic mass is 24.5. The SMILES string of the molecule is [CH2]C[CH2][Mg][CH]1C=C(C)c2ccccc21. The third-order valence-corrected chi connectivity index (χ3v) is 5.21. The van der Waals surface area contributed by atoms with Gasteiger partial charge in [0.25, 0.3) is 0 Å². The van der Waals surface area contributed by atoms with Gasteiger partial charge >= 0.3 is 20.4 Å². The van der Waals surface area contributed by atoms with E-state index in [-0.39, 0.29) is 20.4 Å². The zero-order valence-corrected chi connectivity index (χ0v) is 10.2. The largest absolute Gasteiger partial charge is 0.381 e. The van der Waals surface area contributed by atoms with E-state index in [1.54, 1.807) is 5.56 Å². The van der Waals surface area contributed by atoms with Crippen LogP contribution >= 0.6 is 0 Å². The Bertz CT molecular complexity index is 352. The first kappa shape index (κ1) is 10.3. The van der Waals surface area contributed by atoms with Gasteiger partial charge in [-0.2, -0.15) is 0 Å². The zero-order valence-electron chi connectivity index (χ0n) is 8.79. The fourth-order valence-corrected chi connectivity index (χ4v) is 4.18. The second-order valence-electron chi connectivity index (χ2n) is 4.04. The molecule has 1 atom stereocenters. The Balaban J connectivity index is 2.23. The lowest BCUT2D eigenvalue weighted by Gasteiger charge is -2.08. The molecule has 1 aromatic carbocycles. The van der Waals surface area contributed by atoms with Gasteiger partial charge in [-0.05, 0) is 18.1 Å². The van der Waals surface area contributed by atoms with Gasteiger partial charge in [0.15, 0.2) is 0 Å². The monoisotopic (exact) mass is 195 g/mol. The Labute approximate surface area is 96.1 Å². The lowest BCUT2D eigenvalue weighted by atomic mass is 10.1. The van der Waals surface area contributed by atoms with Crippen molar-refractivity contribution in [1.29, 1.82) is 0 Å². The summed E-state index contributed by atoms with van der Waals surface area (Å²) in [6.45, 7) is 6.17. The highest BCUT2D eigenvalue weighted by Gasteiger charge is 2.20. The molecular weight excluding hydrogens is 180 g/mol. The van der Waals surface area contributed by atoms with Crippen LogP contribution in [0.2, 0.25) is 4.55 Å². The van der Waals surface area contributed by atoms with E-state index in [2.05, 4.69) is 44.2 Å². The Hall–Kier alpha value is -0.274. The van der Waals surface area contributed by atoms with Crippen LogP contribution in [0.4, 0.5) is 0 Å². The van der Waals surface area contributed by atoms with Crippen LogP contribution in [-0.4, -0.2) is 20.4 Å². The molecule has 1 aromatic rings. The molecule has 1 aliphatic carbocycles. The highest BCUT2D eigenvalue weighted by molar-refractivity contribution is 6.39. The van der Waals surface area contributed by atoms with Crippen molar-refractivity contribution in [3.8, 4) is 0 Å². The van der Waals surface area contributed by atoms with E-state index in [0.717, 1.165) is 10.5 Å². The van der Waals surface area contributed by atoms with Crippen LogP contribution in [0.5, 0.6) is 0 Å². The molecule has 2 rings (SSSR count). The number of hydrogen-bond donors (Lipinski definition) is 0. The molecule has 0 amide bonds. The molecule has 69 valence electrons. The molecule has 1 aliphatic rings. The maximum absolute atomic E-state index is 3.94. The average Bonchev–Trinajstić information content (AvgIpc) is 2.54. The number of fused-ring (bicyclic) bond motifs is 1. The van der Waals surface area contributed by atoms with Crippen LogP contribution in [0.25, 0.3) is 5.57 Å². The van der Waals surface area contributed by atoms with Gasteiger partial charge in [-0.15, -0.1) is 4.55 Å². The van der Waals surface area contributed by atoms with Crippen LogP contribution in [0, 0.1) is 6.92 Å². The van der Waals surface area contributed by atoms with E-state index < -0.39 is 0 Å². The summed E-state index contributed by atoms with van der Waals surface area (Å²) in [4.78, 5) is 0. The van der Waals surface area contributed by atoms with Gasteiger partial charge < -0.3 is 0 Å². The molecule has 0 heterocycles. The first-order valence-corrected chi connectivity index (χ1v) is 7.21. The first-order chi connectivity index (χ1) is 6.83. The predicted molar refractivity (Wildman–Crippen MR) is 63.4 cm³/mol. The molecule has 1 heteroatoms. The summed E-state index contributed by atoms with van der Waals surface area (Å²) in [5.74, 6) is 0. The van der Waals surface area contributed by atoms with Crippen molar-refractivity contribution in [3.05, 3.63) is 48.4 Å². The molecule has 0 fully saturated rings. The van der Waals surface area contributed by atoms with Crippen LogP contribution < -0.4 is 0 Å². The Kier molecular flexibility index (Phi) is 3.29. The van der Waals surface area contributed by atoms with Gasteiger partial charge in [0.05, 0.1) is 0 Å². The van der Waals surface area contributed by atoms with E-state index in [0.29, 0.717) is 0 Å².